The maximum absolute atomic E-state index is 12.5. The molecule has 2 rings (SSSR count). The molecular weight excluding hydrogens is 290 g/mol. The van der Waals surface area contributed by atoms with Crippen molar-refractivity contribution < 1.29 is 14.3 Å². The van der Waals surface area contributed by atoms with E-state index in [1.165, 1.54) is 17.9 Å². The Morgan fingerprint density at radius 1 is 1.04 bits per heavy atom. The second-order valence-corrected chi connectivity index (χ2v) is 5.07. The van der Waals surface area contributed by atoms with Gasteiger partial charge in [-0.2, -0.15) is 0 Å². The number of methoxy groups -OCH3 is 1. The van der Waals surface area contributed by atoms with E-state index in [2.05, 4.69) is 0 Å². The number of nitrogens with zero attached hydrogens (tertiary/aromatic N) is 1. The van der Waals surface area contributed by atoms with Gasteiger partial charge in [-0.1, -0.05) is 30.3 Å². The van der Waals surface area contributed by atoms with E-state index in [1.807, 2.05) is 30.3 Å². The lowest BCUT2D eigenvalue weighted by molar-refractivity contribution is -0.119. The molecule has 4 heteroatoms. The average molecular weight is 309 g/mol. The highest BCUT2D eigenvalue weighted by atomic mass is 16.5. The van der Waals surface area contributed by atoms with Gasteiger partial charge in [0.25, 0.3) is 5.91 Å². The Morgan fingerprint density at radius 3 is 2.26 bits per heavy atom. The van der Waals surface area contributed by atoms with Crippen molar-refractivity contribution in [2.24, 2.45) is 0 Å². The van der Waals surface area contributed by atoms with Crippen LogP contribution in [0.2, 0.25) is 0 Å². The standard InChI is InChI=1S/C19H19NO3/c1-15(21)14-20(17-9-11-18(23-2)12-10-17)19(22)13-8-16-6-4-3-5-7-16/h3-13H,14H2,1-2H3/b13-8+. The molecule has 0 bridgehead atoms. The molecule has 0 aliphatic heterocycles. The van der Waals surface area contributed by atoms with Gasteiger partial charge in [0.1, 0.15) is 11.5 Å². The van der Waals surface area contributed by atoms with Crippen molar-refractivity contribution in [3.63, 3.8) is 0 Å². The minimum atomic E-state index is -0.241. The maximum Gasteiger partial charge on any atom is 0.251 e. The maximum atomic E-state index is 12.5. The van der Waals surface area contributed by atoms with Crippen LogP contribution in [0.4, 0.5) is 5.69 Å². The van der Waals surface area contributed by atoms with Gasteiger partial charge in [0.05, 0.1) is 13.7 Å². The van der Waals surface area contributed by atoms with Crippen LogP contribution < -0.4 is 9.64 Å². The molecule has 2 aromatic rings. The molecule has 0 N–H and O–H groups in total. The molecule has 118 valence electrons. The van der Waals surface area contributed by atoms with Crippen molar-refractivity contribution in [2.45, 2.75) is 6.92 Å². The fourth-order valence-corrected chi connectivity index (χ4v) is 2.10. The molecule has 0 unspecified atom stereocenters. The Bertz CT molecular complexity index is 690. The Labute approximate surface area is 136 Å². The van der Waals surface area contributed by atoms with E-state index in [0.717, 1.165) is 5.56 Å². The van der Waals surface area contributed by atoms with Crippen LogP contribution in [0.15, 0.2) is 60.7 Å². The van der Waals surface area contributed by atoms with E-state index in [4.69, 9.17) is 4.74 Å². The number of benzene rings is 2. The molecule has 4 nitrogen and oxygen atoms in total. The Kier molecular flexibility index (Phi) is 5.69. The fraction of sp³-hybridized carbons (Fsp3) is 0.158. The van der Waals surface area contributed by atoms with Crippen molar-refractivity contribution in [1.29, 1.82) is 0 Å². The number of hydrogen-bond acceptors (Lipinski definition) is 3. The highest BCUT2D eigenvalue weighted by Gasteiger charge is 2.15. The summed E-state index contributed by atoms with van der Waals surface area (Å²) in [6.45, 7) is 1.50. The molecule has 2 aromatic carbocycles. The van der Waals surface area contributed by atoms with Crippen molar-refractivity contribution in [3.8, 4) is 5.75 Å². The minimum absolute atomic E-state index is 0.0320. The van der Waals surface area contributed by atoms with Gasteiger partial charge in [0, 0.05) is 11.8 Å². The second kappa shape index (κ2) is 7.94. The van der Waals surface area contributed by atoms with Crippen LogP contribution in [0, 0.1) is 0 Å². The first-order valence-corrected chi connectivity index (χ1v) is 7.28. The van der Waals surface area contributed by atoms with Crippen LogP contribution in [-0.4, -0.2) is 25.3 Å². The number of ether oxygens (including phenoxy) is 1. The molecule has 0 atom stereocenters. The summed E-state index contributed by atoms with van der Waals surface area (Å²) in [4.78, 5) is 25.4. The van der Waals surface area contributed by atoms with Gasteiger partial charge in [0.2, 0.25) is 0 Å². The summed E-state index contributed by atoms with van der Waals surface area (Å²) >= 11 is 0. The van der Waals surface area contributed by atoms with Gasteiger partial charge in [-0.05, 0) is 42.8 Å². The number of anilines is 1. The van der Waals surface area contributed by atoms with E-state index in [9.17, 15) is 9.59 Å². The molecular formula is C19H19NO3. The van der Waals surface area contributed by atoms with Crippen molar-refractivity contribution in [3.05, 3.63) is 66.2 Å². The minimum Gasteiger partial charge on any atom is -0.497 e. The summed E-state index contributed by atoms with van der Waals surface area (Å²) in [5.41, 5.74) is 1.59. The van der Waals surface area contributed by atoms with Gasteiger partial charge in [0.15, 0.2) is 0 Å². The number of rotatable bonds is 6. The third-order valence-corrected chi connectivity index (χ3v) is 3.25. The van der Waals surface area contributed by atoms with Crippen LogP contribution >= 0.6 is 0 Å². The number of carbonyl (C=O) groups excluding carboxylic acids is 2. The highest BCUT2D eigenvalue weighted by molar-refractivity contribution is 6.06. The monoisotopic (exact) mass is 309 g/mol. The molecule has 1 amide bonds. The van der Waals surface area contributed by atoms with Crippen molar-refractivity contribution in [1.82, 2.24) is 0 Å². The predicted octanol–water partition coefficient (Wildman–Crippen LogP) is 3.33. The molecule has 0 radical (unpaired) electrons. The van der Waals surface area contributed by atoms with E-state index in [-0.39, 0.29) is 18.2 Å². The smallest absolute Gasteiger partial charge is 0.251 e. The Hall–Kier alpha value is -2.88. The molecule has 0 spiro atoms. The summed E-state index contributed by atoms with van der Waals surface area (Å²) in [5, 5.41) is 0. The van der Waals surface area contributed by atoms with E-state index < -0.39 is 0 Å². The highest BCUT2D eigenvalue weighted by Crippen LogP contribution is 2.20. The number of hydrogen-bond donors (Lipinski definition) is 0. The number of amides is 1. The summed E-state index contributed by atoms with van der Waals surface area (Å²) in [5.74, 6) is 0.375. The first-order valence-electron chi connectivity index (χ1n) is 7.28. The Balaban J connectivity index is 2.21. The third kappa shape index (κ3) is 4.81. The normalized spacial score (nSPS) is 10.5. The van der Waals surface area contributed by atoms with Gasteiger partial charge < -0.3 is 9.64 Å². The van der Waals surface area contributed by atoms with Gasteiger partial charge in [-0.15, -0.1) is 0 Å². The molecule has 0 heterocycles. The van der Waals surface area contributed by atoms with E-state index in [0.29, 0.717) is 11.4 Å². The SMILES string of the molecule is COc1ccc(N(CC(C)=O)C(=O)/C=C/c2ccccc2)cc1. The molecule has 23 heavy (non-hydrogen) atoms. The van der Waals surface area contributed by atoms with E-state index in [1.54, 1.807) is 37.5 Å². The zero-order valence-corrected chi connectivity index (χ0v) is 13.2. The third-order valence-electron chi connectivity index (χ3n) is 3.25. The zero-order valence-electron chi connectivity index (χ0n) is 13.2. The lowest BCUT2D eigenvalue weighted by Gasteiger charge is -2.20. The molecule has 0 saturated heterocycles. The summed E-state index contributed by atoms with van der Waals surface area (Å²) in [6, 6.07) is 16.6. The van der Waals surface area contributed by atoms with Crippen molar-refractivity contribution >= 4 is 23.5 Å². The quantitative estimate of drug-likeness (QED) is 0.769. The van der Waals surface area contributed by atoms with E-state index >= 15 is 0 Å². The van der Waals surface area contributed by atoms with Gasteiger partial charge in [-0.25, -0.2) is 0 Å². The molecule has 0 aliphatic carbocycles. The Morgan fingerprint density at radius 2 is 1.70 bits per heavy atom. The first kappa shape index (κ1) is 16.5. The van der Waals surface area contributed by atoms with Crippen LogP contribution in [0.1, 0.15) is 12.5 Å². The predicted molar refractivity (Wildman–Crippen MR) is 91.5 cm³/mol. The summed E-state index contributed by atoms with van der Waals surface area (Å²) < 4.78 is 5.11. The zero-order chi connectivity index (χ0) is 16.7. The summed E-state index contributed by atoms with van der Waals surface area (Å²) in [6.07, 6.45) is 3.21. The topological polar surface area (TPSA) is 46.6 Å². The average Bonchev–Trinajstić information content (AvgIpc) is 2.58. The molecule has 0 aliphatic rings. The number of ketones is 1. The molecule has 0 saturated carbocycles. The van der Waals surface area contributed by atoms with Gasteiger partial charge >= 0.3 is 0 Å². The van der Waals surface area contributed by atoms with Crippen LogP contribution in [-0.2, 0) is 9.59 Å². The molecule has 0 aromatic heterocycles. The van der Waals surface area contributed by atoms with Crippen LogP contribution in [0.3, 0.4) is 0 Å². The largest absolute Gasteiger partial charge is 0.497 e. The lowest BCUT2D eigenvalue weighted by Crippen LogP contribution is -2.33. The number of carbonyl (C=O) groups is 2. The summed E-state index contributed by atoms with van der Waals surface area (Å²) in [7, 11) is 1.58. The van der Waals surface area contributed by atoms with Crippen LogP contribution in [0.5, 0.6) is 5.75 Å². The van der Waals surface area contributed by atoms with Crippen LogP contribution in [0.25, 0.3) is 6.08 Å². The second-order valence-electron chi connectivity index (χ2n) is 5.07. The molecule has 0 fully saturated rings. The lowest BCUT2D eigenvalue weighted by atomic mass is 10.2. The number of Topliss-reactive ketones (excluding diaryl/α,β-unsaturated/α-hetero) is 1. The first-order chi connectivity index (χ1) is 11.1. The fourth-order valence-electron chi connectivity index (χ4n) is 2.10. The van der Waals surface area contributed by atoms with Crippen molar-refractivity contribution in [2.75, 3.05) is 18.6 Å². The van der Waals surface area contributed by atoms with Gasteiger partial charge in [-0.3, -0.25) is 9.59 Å².